The lowest BCUT2D eigenvalue weighted by molar-refractivity contribution is -0.144. The van der Waals surface area contributed by atoms with Crippen molar-refractivity contribution in [1.82, 2.24) is 15.5 Å². The van der Waals surface area contributed by atoms with E-state index in [4.69, 9.17) is 9.47 Å². The van der Waals surface area contributed by atoms with Gasteiger partial charge in [0.1, 0.15) is 24.2 Å². The van der Waals surface area contributed by atoms with Crippen LogP contribution in [0.15, 0.2) is 24.3 Å². The van der Waals surface area contributed by atoms with Crippen molar-refractivity contribution in [3.63, 3.8) is 0 Å². The van der Waals surface area contributed by atoms with Crippen LogP contribution in [0.2, 0.25) is 0 Å². The molecule has 0 aliphatic rings. The van der Waals surface area contributed by atoms with Gasteiger partial charge in [0.05, 0.1) is 19.1 Å². The largest absolute Gasteiger partial charge is 0.466 e. The van der Waals surface area contributed by atoms with Crippen molar-refractivity contribution in [2.75, 3.05) is 19.7 Å². The number of nitrogens with one attached hydrogen (secondary N) is 2. The standard InChI is InChI=1S/C27H40N4O6/c1-8-18(3)22(30-26(35)37-27(5,6)7)25(34)31(17-15-28)23(20-13-11-10-12-19(20)4)24(33)29-16-14-21(32)36-9-2/h10-13,18,22-23H,8-9,14,16-17H2,1-7H3,(H,29,33)(H,30,35). The lowest BCUT2D eigenvalue weighted by Crippen LogP contribution is -2.55. The second-order valence-electron chi connectivity index (χ2n) is 9.74. The Morgan fingerprint density at radius 1 is 1.14 bits per heavy atom. The highest BCUT2D eigenvalue weighted by Crippen LogP contribution is 2.26. The predicted octanol–water partition coefficient (Wildman–Crippen LogP) is 3.40. The molecular weight excluding hydrogens is 476 g/mol. The van der Waals surface area contributed by atoms with Crippen LogP contribution in [-0.2, 0) is 23.9 Å². The van der Waals surface area contributed by atoms with Crippen LogP contribution in [0.5, 0.6) is 0 Å². The highest BCUT2D eigenvalue weighted by atomic mass is 16.6. The Bertz CT molecular complexity index is 982. The number of benzene rings is 1. The highest BCUT2D eigenvalue weighted by Gasteiger charge is 2.38. The summed E-state index contributed by atoms with van der Waals surface area (Å²) in [6.07, 6.45) is -0.260. The summed E-state index contributed by atoms with van der Waals surface area (Å²) in [5.74, 6) is -1.91. The van der Waals surface area contributed by atoms with E-state index in [0.717, 1.165) is 10.5 Å². The molecule has 0 bridgehead atoms. The number of nitrogens with zero attached hydrogens (tertiary/aromatic N) is 2. The molecule has 0 spiro atoms. The van der Waals surface area contributed by atoms with E-state index in [1.54, 1.807) is 65.8 Å². The number of hydrogen-bond donors (Lipinski definition) is 2. The molecule has 1 aromatic carbocycles. The number of alkyl carbamates (subject to hydrolysis) is 1. The van der Waals surface area contributed by atoms with E-state index < -0.39 is 48.1 Å². The summed E-state index contributed by atoms with van der Waals surface area (Å²) in [4.78, 5) is 52.8. The Hall–Kier alpha value is -3.61. The maximum absolute atomic E-state index is 13.9. The highest BCUT2D eigenvalue weighted by molar-refractivity contribution is 5.92. The Balaban J connectivity index is 3.40. The SMILES string of the molecule is CCOC(=O)CCNC(=O)C(c1ccccc1C)N(CC#N)C(=O)C(NC(=O)OC(C)(C)C)C(C)CC. The fourth-order valence-electron chi connectivity index (χ4n) is 3.63. The Morgan fingerprint density at radius 2 is 1.78 bits per heavy atom. The van der Waals surface area contributed by atoms with E-state index >= 15 is 0 Å². The molecule has 0 aliphatic heterocycles. The van der Waals surface area contributed by atoms with Gasteiger partial charge in [-0.15, -0.1) is 0 Å². The second-order valence-corrected chi connectivity index (χ2v) is 9.74. The van der Waals surface area contributed by atoms with Crippen molar-refractivity contribution < 1.29 is 28.7 Å². The molecule has 0 saturated heterocycles. The van der Waals surface area contributed by atoms with Crippen molar-refractivity contribution in [2.24, 2.45) is 5.92 Å². The van der Waals surface area contributed by atoms with Crippen LogP contribution in [0.3, 0.4) is 0 Å². The first kappa shape index (κ1) is 31.4. The molecule has 204 valence electrons. The fraction of sp³-hybridized carbons (Fsp3) is 0.593. The third kappa shape index (κ3) is 10.1. The third-order valence-corrected chi connectivity index (χ3v) is 5.65. The second kappa shape index (κ2) is 14.8. The van der Waals surface area contributed by atoms with Gasteiger partial charge in [-0.3, -0.25) is 14.4 Å². The molecule has 10 heteroatoms. The summed E-state index contributed by atoms with van der Waals surface area (Å²) in [5, 5.41) is 14.9. The van der Waals surface area contributed by atoms with Crippen molar-refractivity contribution in [3.05, 3.63) is 35.4 Å². The number of amides is 3. The van der Waals surface area contributed by atoms with Gasteiger partial charge in [-0.2, -0.15) is 5.26 Å². The van der Waals surface area contributed by atoms with Crippen molar-refractivity contribution in [3.8, 4) is 6.07 Å². The summed E-state index contributed by atoms with van der Waals surface area (Å²) in [6.45, 7) is 12.1. The van der Waals surface area contributed by atoms with E-state index in [2.05, 4.69) is 10.6 Å². The van der Waals surface area contributed by atoms with E-state index in [-0.39, 0.29) is 25.5 Å². The summed E-state index contributed by atoms with van der Waals surface area (Å²) in [6, 6.07) is 6.83. The Labute approximate surface area is 219 Å². The summed E-state index contributed by atoms with van der Waals surface area (Å²) >= 11 is 0. The minimum absolute atomic E-state index is 0.000415. The number of ether oxygens (including phenoxy) is 2. The minimum Gasteiger partial charge on any atom is -0.466 e. The van der Waals surface area contributed by atoms with Crippen molar-refractivity contribution in [1.29, 1.82) is 5.26 Å². The van der Waals surface area contributed by atoms with Gasteiger partial charge >= 0.3 is 12.1 Å². The summed E-state index contributed by atoms with van der Waals surface area (Å²) < 4.78 is 10.3. The van der Waals surface area contributed by atoms with E-state index in [1.807, 2.05) is 13.0 Å². The first-order valence-corrected chi connectivity index (χ1v) is 12.5. The van der Waals surface area contributed by atoms with Gasteiger partial charge in [0.15, 0.2) is 0 Å². The molecule has 3 unspecified atom stereocenters. The van der Waals surface area contributed by atoms with Gasteiger partial charge in [0.25, 0.3) is 0 Å². The fourth-order valence-corrected chi connectivity index (χ4v) is 3.63. The van der Waals surface area contributed by atoms with Crippen molar-refractivity contribution in [2.45, 2.75) is 79.0 Å². The average Bonchev–Trinajstić information content (AvgIpc) is 2.81. The normalized spacial score (nSPS) is 13.4. The number of rotatable bonds is 12. The molecule has 0 aromatic heterocycles. The monoisotopic (exact) mass is 516 g/mol. The van der Waals surface area contributed by atoms with Crippen LogP contribution in [0.25, 0.3) is 0 Å². The van der Waals surface area contributed by atoms with E-state index in [0.29, 0.717) is 12.0 Å². The topological polar surface area (TPSA) is 138 Å². The number of hydrogen-bond acceptors (Lipinski definition) is 7. The van der Waals surface area contributed by atoms with Crippen LogP contribution >= 0.6 is 0 Å². The molecule has 0 aliphatic carbocycles. The van der Waals surface area contributed by atoms with Crippen molar-refractivity contribution >= 4 is 23.9 Å². The lowest BCUT2D eigenvalue weighted by atomic mass is 9.94. The number of nitriles is 1. The number of esters is 1. The maximum atomic E-state index is 13.9. The van der Waals surface area contributed by atoms with Gasteiger partial charge in [-0.05, 0) is 51.7 Å². The number of carbonyl (C=O) groups is 4. The zero-order chi connectivity index (χ0) is 28.2. The molecule has 37 heavy (non-hydrogen) atoms. The average molecular weight is 517 g/mol. The van der Waals surface area contributed by atoms with Crippen LogP contribution in [0.4, 0.5) is 4.79 Å². The molecular formula is C27H40N4O6. The maximum Gasteiger partial charge on any atom is 0.408 e. The molecule has 3 amide bonds. The zero-order valence-electron chi connectivity index (χ0n) is 22.9. The molecule has 3 atom stereocenters. The first-order valence-electron chi connectivity index (χ1n) is 12.5. The van der Waals surface area contributed by atoms with Crippen LogP contribution in [0.1, 0.15) is 71.6 Å². The van der Waals surface area contributed by atoms with Gasteiger partial charge in [0, 0.05) is 6.54 Å². The Morgan fingerprint density at radius 3 is 2.32 bits per heavy atom. The van der Waals surface area contributed by atoms with Gasteiger partial charge in [-0.1, -0.05) is 44.5 Å². The van der Waals surface area contributed by atoms with Crippen LogP contribution in [0, 0.1) is 24.2 Å². The summed E-state index contributed by atoms with van der Waals surface area (Å²) in [5.41, 5.74) is 0.492. The van der Waals surface area contributed by atoms with Gasteiger partial charge < -0.3 is 25.0 Å². The quantitative estimate of drug-likeness (QED) is 0.321. The zero-order valence-corrected chi connectivity index (χ0v) is 22.9. The lowest BCUT2D eigenvalue weighted by Gasteiger charge is -2.35. The first-order chi connectivity index (χ1) is 17.4. The third-order valence-electron chi connectivity index (χ3n) is 5.65. The van der Waals surface area contributed by atoms with E-state index in [9.17, 15) is 24.4 Å². The number of aryl methyl sites for hydroxylation is 1. The molecule has 0 radical (unpaired) electrons. The van der Waals surface area contributed by atoms with Gasteiger partial charge in [-0.25, -0.2) is 4.79 Å². The molecule has 0 fully saturated rings. The molecule has 1 aromatic rings. The summed E-state index contributed by atoms with van der Waals surface area (Å²) in [7, 11) is 0. The molecule has 1 rings (SSSR count). The number of carbonyl (C=O) groups excluding carboxylic acids is 4. The molecule has 10 nitrogen and oxygen atoms in total. The smallest absolute Gasteiger partial charge is 0.408 e. The van der Waals surface area contributed by atoms with Crippen LogP contribution < -0.4 is 10.6 Å². The molecule has 0 heterocycles. The van der Waals surface area contributed by atoms with E-state index in [1.165, 1.54) is 0 Å². The van der Waals surface area contributed by atoms with Gasteiger partial charge in [0.2, 0.25) is 11.8 Å². The molecule has 2 N–H and O–H groups in total. The Kier molecular flexibility index (Phi) is 12.6. The van der Waals surface area contributed by atoms with Crippen LogP contribution in [-0.4, -0.2) is 60.1 Å². The predicted molar refractivity (Wildman–Crippen MR) is 138 cm³/mol. The minimum atomic E-state index is -1.16. The molecule has 0 saturated carbocycles.